The topological polar surface area (TPSA) is 51.4 Å². The second-order valence-corrected chi connectivity index (χ2v) is 5.07. The van der Waals surface area contributed by atoms with Crippen molar-refractivity contribution in [2.24, 2.45) is 10.9 Å². The Morgan fingerprint density at radius 3 is 2.82 bits per heavy atom. The van der Waals surface area contributed by atoms with Crippen LogP contribution in [0.1, 0.15) is 13.8 Å². The van der Waals surface area contributed by atoms with E-state index in [2.05, 4.69) is 41.3 Å². The molecule has 17 heavy (non-hydrogen) atoms. The largest absolute Gasteiger partial charge is 0.371 e. The van der Waals surface area contributed by atoms with Crippen molar-refractivity contribution in [1.82, 2.24) is 10.2 Å². The highest BCUT2D eigenvalue weighted by molar-refractivity contribution is 8.13. The molecule has 4 nitrogen and oxygen atoms in total. The third-order valence-electron chi connectivity index (χ3n) is 3.42. The van der Waals surface area contributed by atoms with Crippen molar-refractivity contribution < 1.29 is 0 Å². The third-order valence-corrected chi connectivity index (χ3v) is 4.00. The van der Waals surface area contributed by atoms with Gasteiger partial charge in [0.2, 0.25) is 0 Å². The average molecular weight is 248 g/mol. The molecule has 3 heterocycles. The predicted octanol–water partition coefficient (Wildman–Crippen LogP) is 1.90. The van der Waals surface area contributed by atoms with Gasteiger partial charge in [0.25, 0.3) is 0 Å². The first-order valence-corrected chi connectivity index (χ1v) is 6.85. The number of thioether (sulfide) groups is 1. The van der Waals surface area contributed by atoms with Crippen LogP contribution in [-0.4, -0.2) is 28.4 Å². The lowest BCUT2D eigenvalue weighted by atomic mass is 9.82. The number of fused-ring (bicyclic) bond motifs is 1. The van der Waals surface area contributed by atoms with Gasteiger partial charge in [-0.2, -0.15) is 5.26 Å². The van der Waals surface area contributed by atoms with Crippen molar-refractivity contribution in [3.05, 3.63) is 24.0 Å². The summed E-state index contributed by atoms with van der Waals surface area (Å²) in [4.78, 5) is 6.78. The summed E-state index contributed by atoms with van der Waals surface area (Å²) < 4.78 is 0. The quantitative estimate of drug-likeness (QED) is 0.333. The van der Waals surface area contributed by atoms with Crippen LogP contribution >= 0.6 is 11.8 Å². The van der Waals surface area contributed by atoms with E-state index in [0.29, 0.717) is 23.2 Å². The standard InChI is InChI=1S/C12H16N4S/c1-8-11-6-10(4-5-16(8)9(11)2)15-12(17-3)14-7-13/h4-6,8-9,11H,1-3H3,(H,14,15). The maximum absolute atomic E-state index is 8.60. The molecule has 0 aliphatic carbocycles. The molecule has 0 aromatic rings. The van der Waals surface area contributed by atoms with E-state index < -0.39 is 0 Å². The maximum atomic E-state index is 8.60. The minimum Gasteiger partial charge on any atom is -0.371 e. The van der Waals surface area contributed by atoms with E-state index in [4.69, 9.17) is 5.26 Å². The minimum absolute atomic E-state index is 0.550. The Bertz CT molecular complexity index is 422. The highest BCUT2D eigenvalue weighted by atomic mass is 32.2. The summed E-state index contributed by atoms with van der Waals surface area (Å²) in [5.74, 6) is 0.550. The zero-order valence-electron chi connectivity index (χ0n) is 10.2. The molecule has 1 saturated heterocycles. The molecule has 0 aromatic heterocycles. The Morgan fingerprint density at radius 2 is 2.24 bits per heavy atom. The van der Waals surface area contributed by atoms with Gasteiger partial charge in [-0.15, -0.1) is 0 Å². The molecule has 3 rings (SSSR count). The van der Waals surface area contributed by atoms with E-state index in [1.165, 1.54) is 11.8 Å². The van der Waals surface area contributed by atoms with E-state index in [1.54, 1.807) is 0 Å². The lowest BCUT2D eigenvalue weighted by Gasteiger charge is -2.50. The van der Waals surface area contributed by atoms with Gasteiger partial charge in [0.05, 0.1) is 5.70 Å². The fraction of sp³-hybridized carbons (Fsp3) is 0.500. The zero-order valence-corrected chi connectivity index (χ0v) is 11.0. The molecule has 2 bridgehead atoms. The second kappa shape index (κ2) is 4.84. The third kappa shape index (κ3) is 2.18. The number of allylic oxidation sites excluding steroid dienone is 1. The Kier molecular flexibility index (Phi) is 3.43. The SMILES string of the molecule is CSC(=NC1=CC2C(C)N(C=C1)C2C)NC#N. The molecule has 2 unspecified atom stereocenters. The van der Waals surface area contributed by atoms with E-state index in [9.17, 15) is 0 Å². The van der Waals surface area contributed by atoms with Crippen LogP contribution in [0.2, 0.25) is 0 Å². The van der Waals surface area contributed by atoms with Crippen LogP contribution in [0.25, 0.3) is 0 Å². The summed E-state index contributed by atoms with van der Waals surface area (Å²) in [6.45, 7) is 4.45. The van der Waals surface area contributed by atoms with Gasteiger partial charge in [-0.3, -0.25) is 5.32 Å². The van der Waals surface area contributed by atoms with Gasteiger partial charge < -0.3 is 4.90 Å². The number of hydrogen-bond donors (Lipinski definition) is 1. The van der Waals surface area contributed by atoms with E-state index in [0.717, 1.165) is 5.70 Å². The van der Waals surface area contributed by atoms with Crippen LogP contribution in [0.15, 0.2) is 29.0 Å². The van der Waals surface area contributed by atoms with Crippen LogP contribution < -0.4 is 5.32 Å². The van der Waals surface area contributed by atoms with Gasteiger partial charge in [-0.05, 0) is 26.2 Å². The van der Waals surface area contributed by atoms with Crippen molar-refractivity contribution in [2.75, 3.05) is 6.26 Å². The fourth-order valence-corrected chi connectivity index (χ4v) is 2.74. The predicted molar refractivity (Wildman–Crippen MR) is 71.2 cm³/mol. The highest BCUT2D eigenvalue weighted by Gasteiger charge is 2.40. The Labute approximate surface area is 106 Å². The van der Waals surface area contributed by atoms with Gasteiger partial charge in [0.1, 0.15) is 0 Å². The summed E-state index contributed by atoms with van der Waals surface area (Å²) in [5, 5.41) is 11.8. The fourth-order valence-electron chi connectivity index (χ4n) is 2.40. The zero-order chi connectivity index (χ0) is 12.4. The highest BCUT2D eigenvalue weighted by Crippen LogP contribution is 2.36. The maximum Gasteiger partial charge on any atom is 0.183 e. The summed E-state index contributed by atoms with van der Waals surface area (Å²) in [6.07, 6.45) is 10.1. The minimum atomic E-state index is 0.550. The smallest absolute Gasteiger partial charge is 0.183 e. The molecular formula is C12H16N4S. The van der Waals surface area contributed by atoms with Crippen LogP contribution in [0.5, 0.6) is 0 Å². The first-order chi connectivity index (χ1) is 8.17. The number of nitrogens with one attached hydrogen (secondary N) is 1. The molecular weight excluding hydrogens is 232 g/mol. The van der Waals surface area contributed by atoms with Gasteiger partial charge in [-0.1, -0.05) is 17.8 Å². The summed E-state index contributed by atoms with van der Waals surface area (Å²) in [6, 6.07) is 1.10. The Morgan fingerprint density at radius 1 is 1.53 bits per heavy atom. The normalized spacial score (nSPS) is 31.2. The first-order valence-electron chi connectivity index (χ1n) is 5.62. The first kappa shape index (κ1) is 12.1. The molecule has 90 valence electrons. The number of rotatable bonds is 1. The summed E-state index contributed by atoms with van der Waals surface area (Å²) in [5.41, 5.74) is 0.931. The van der Waals surface area contributed by atoms with Crippen molar-refractivity contribution in [3.8, 4) is 6.19 Å². The van der Waals surface area contributed by atoms with E-state index in [1.807, 2.05) is 18.5 Å². The molecule has 3 aliphatic heterocycles. The van der Waals surface area contributed by atoms with Gasteiger partial charge in [0.15, 0.2) is 11.4 Å². The van der Waals surface area contributed by atoms with Crippen LogP contribution in [-0.2, 0) is 0 Å². The lowest BCUT2D eigenvalue weighted by Crippen LogP contribution is -2.57. The number of hydrogen-bond acceptors (Lipinski definition) is 4. The van der Waals surface area contributed by atoms with E-state index in [-0.39, 0.29) is 0 Å². The Hall–Kier alpha value is -1.41. The van der Waals surface area contributed by atoms with Gasteiger partial charge in [0, 0.05) is 24.2 Å². The molecule has 5 heteroatoms. The Balaban J connectivity index is 2.20. The van der Waals surface area contributed by atoms with Crippen molar-refractivity contribution in [3.63, 3.8) is 0 Å². The molecule has 0 radical (unpaired) electrons. The average Bonchev–Trinajstić information content (AvgIpc) is 2.60. The molecule has 0 saturated carbocycles. The molecule has 1 fully saturated rings. The second-order valence-electron chi connectivity index (χ2n) is 4.27. The molecule has 0 spiro atoms. The number of nitrogens with zero attached hydrogens (tertiary/aromatic N) is 3. The summed E-state index contributed by atoms with van der Waals surface area (Å²) in [7, 11) is 0. The van der Waals surface area contributed by atoms with Crippen LogP contribution in [0.4, 0.5) is 0 Å². The van der Waals surface area contributed by atoms with Crippen molar-refractivity contribution >= 4 is 16.9 Å². The van der Waals surface area contributed by atoms with Gasteiger partial charge >= 0.3 is 0 Å². The van der Waals surface area contributed by atoms with Gasteiger partial charge in [-0.25, -0.2) is 4.99 Å². The van der Waals surface area contributed by atoms with Crippen molar-refractivity contribution in [1.29, 1.82) is 5.26 Å². The molecule has 0 aromatic carbocycles. The molecule has 1 N–H and O–H groups in total. The molecule has 0 amide bonds. The lowest BCUT2D eigenvalue weighted by molar-refractivity contribution is 0.0406. The van der Waals surface area contributed by atoms with Crippen molar-refractivity contribution in [2.45, 2.75) is 25.9 Å². The van der Waals surface area contributed by atoms with E-state index >= 15 is 0 Å². The molecule has 3 aliphatic rings. The van der Waals surface area contributed by atoms with Crippen LogP contribution in [0.3, 0.4) is 0 Å². The number of aliphatic imine (C=N–C) groups is 1. The van der Waals surface area contributed by atoms with Crippen LogP contribution in [0, 0.1) is 17.4 Å². The number of nitriles is 1. The summed E-state index contributed by atoms with van der Waals surface area (Å²) >= 11 is 1.44. The molecule has 2 atom stereocenters. The monoisotopic (exact) mass is 248 g/mol. The number of amidine groups is 1.